The smallest absolute Gasteiger partial charge is 0.290 e. The first-order valence-electron chi connectivity index (χ1n) is 9.15. The molecule has 1 aromatic carbocycles. The number of aromatic nitrogens is 2. The van der Waals surface area contributed by atoms with Gasteiger partial charge in [0.2, 0.25) is 0 Å². The third-order valence-electron chi connectivity index (χ3n) is 4.41. The molecule has 0 amide bonds. The maximum absolute atomic E-state index is 8.36. The van der Waals surface area contributed by atoms with Crippen LogP contribution in [-0.2, 0) is 27.9 Å². The number of nitrogens with zero attached hydrogens (tertiary/aromatic N) is 4. The molecule has 1 aliphatic rings. The number of carbonyl (C=O) groups is 2. The first-order chi connectivity index (χ1) is 14.0. The molecular formula is C20H30N4O5. The summed E-state index contributed by atoms with van der Waals surface area (Å²) in [5.74, 6) is 1.09. The van der Waals surface area contributed by atoms with E-state index in [0.717, 1.165) is 32.1 Å². The lowest BCUT2D eigenvalue weighted by molar-refractivity contribution is -0.123. The number of ether oxygens (including phenoxy) is 1. The topological polar surface area (TPSA) is 108 Å². The summed E-state index contributed by atoms with van der Waals surface area (Å²) < 4.78 is 8.22. The van der Waals surface area contributed by atoms with Crippen molar-refractivity contribution < 1.29 is 24.5 Å². The molecule has 0 aliphatic carbocycles. The third-order valence-corrected chi connectivity index (χ3v) is 4.41. The molecule has 0 saturated carbocycles. The normalized spacial score (nSPS) is 18.8. The Balaban J connectivity index is 0.000000626. The average Bonchev–Trinajstić information content (AvgIpc) is 3.08. The molecule has 2 atom stereocenters. The van der Waals surface area contributed by atoms with Crippen molar-refractivity contribution in [3.05, 3.63) is 54.1 Å². The Morgan fingerprint density at radius 3 is 2.34 bits per heavy atom. The number of rotatable bonds is 5. The predicted octanol–water partition coefficient (Wildman–Crippen LogP) is 1.33. The van der Waals surface area contributed by atoms with Gasteiger partial charge in [-0.1, -0.05) is 30.3 Å². The zero-order chi connectivity index (χ0) is 21.6. The van der Waals surface area contributed by atoms with Gasteiger partial charge in [0.1, 0.15) is 5.82 Å². The SMILES string of the molecule is CN(C)C[C@@H]1OCCN(Cc2nccn2C)[C@H]1c1ccccc1.O=CO.O=CO. The maximum Gasteiger partial charge on any atom is 0.290 e. The van der Waals surface area contributed by atoms with Crippen LogP contribution < -0.4 is 0 Å². The van der Waals surface area contributed by atoms with Crippen LogP contribution in [0.15, 0.2) is 42.7 Å². The summed E-state index contributed by atoms with van der Waals surface area (Å²) >= 11 is 0. The Kier molecular flexibility index (Phi) is 11.2. The monoisotopic (exact) mass is 406 g/mol. The van der Waals surface area contributed by atoms with Crippen molar-refractivity contribution in [2.45, 2.75) is 18.7 Å². The average molecular weight is 406 g/mol. The number of benzene rings is 1. The fraction of sp³-hybridized carbons (Fsp3) is 0.450. The van der Waals surface area contributed by atoms with E-state index in [-0.39, 0.29) is 25.1 Å². The van der Waals surface area contributed by atoms with Gasteiger partial charge < -0.3 is 24.4 Å². The van der Waals surface area contributed by atoms with Gasteiger partial charge in [0.05, 0.1) is 25.3 Å². The van der Waals surface area contributed by atoms with Gasteiger partial charge in [-0.25, -0.2) is 4.98 Å². The molecule has 2 heterocycles. The van der Waals surface area contributed by atoms with Gasteiger partial charge in [0.15, 0.2) is 0 Å². The van der Waals surface area contributed by atoms with E-state index in [4.69, 9.17) is 24.5 Å². The summed E-state index contributed by atoms with van der Waals surface area (Å²) in [5.41, 5.74) is 1.31. The van der Waals surface area contributed by atoms with Crippen molar-refractivity contribution in [2.24, 2.45) is 7.05 Å². The molecule has 1 fully saturated rings. The Bertz CT molecular complexity index is 702. The van der Waals surface area contributed by atoms with Gasteiger partial charge in [-0.3, -0.25) is 14.5 Å². The van der Waals surface area contributed by atoms with Gasteiger partial charge in [-0.2, -0.15) is 0 Å². The lowest BCUT2D eigenvalue weighted by Gasteiger charge is -2.42. The van der Waals surface area contributed by atoms with Crippen LogP contribution in [0.1, 0.15) is 17.4 Å². The highest BCUT2D eigenvalue weighted by molar-refractivity contribution is 5.33. The summed E-state index contributed by atoms with van der Waals surface area (Å²) in [5, 5.41) is 13.8. The van der Waals surface area contributed by atoms with Crippen molar-refractivity contribution in [1.82, 2.24) is 19.4 Å². The Morgan fingerprint density at radius 2 is 1.83 bits per heavy atom. The number of hydrogen-bond acceptors (Lipinski definition) is 6. The molecule has 1 aliphatic heterocycles. The largest absolute Gasteiger partial charge is 0.483 e. The Morgan fingerprint density at radius 1 is 1.21 bits per heavy atom. The van der Waals surface area contributed by atoms with E-state index in [2.05, 4.69) is 70.8 Å². The van der Waals surface area contributed by atoms with Crippen LogP contribution in [0.4, 0.5) is 0 Å². The molecule has 9 nitrogen and oxygen atoms in total. The van der Waals surface area contributed by atoms with Crippen LogP contribution in [0.3, 0.4) is 0 Å². The summed E-state index contributed by atoms with van der Waals surface area (Å²) in [7, 11) is 6.25. The Hall–Kier alpha value is -2.75. The van der Waals surface area contributed by atoms with Gasteiger partial charge in [-0.15, -0.1) is 0 Å². The molecule has 0 radical (unpaired) electrons. The molecule has 3 rings (SSSR count). The standard InChI is InChI=1S/C18H26N4O.2CH2O2/c1-20(2)13-16-18(15-7-5-4-6-8-15)22(11-12-23-16)14-17-19-9-10-21(17)3;2*2-1-3/h4-10,16,18H,11-14H2,1-3H3;2*1H,(H,2,3)/t16-,18-;;/m0../s1. The summed E-state index contributed by atoms with van der Waals surface area (Å²) in [4.78, 5) is 25.9. The molecule has 1 aromatic heterocycles. The molecule has 9 heteroatoms. The van der Waals surface area contributed by atoms with E-state index >= 15 is 0 Å². The van der Waals surface area contributed by atoms with E-state index in [1.165, 1.54) is 5.56 Å². The van der Waals surface area contributed by atoms with Crippen LogP contribution in [0.2, 0.25) is 0 Å². The Labute approximate surface area is 171 Å². The van der Waals surface area contributed by atoms with E-state index in [1.54, 1.807) is 0 Å². The van der Waals surface area contributed by atoms with Crippen LogP contribution in [0, 0.1) is 0 Å². The zero-order valence-corrected chi connectivity index (χ0v) is 17.1. The van der Waals surface area contributed by atoms with Gasteiger partial charge in [0, 0.05) is 32.5 Å². The van der Waals surface area contributed by atoms with E-state index in [9.17, 15) is 0 Å². The summed E-state index contributed by atoms with van der Waals surface area (Å²) in [6, 6.07) is 10.9. The van der Waals surface area contributed by atoms with Crippen molar-refractivity contribution in [3.8, 4) is 0 Å². The van der Waals surface area contributed by atoms with Gasteiger partial charge in [0.25, 0.3) is 12.9 Å². The second-order valence-corrected chi connectivity index (χ2v) is 6.66. The summed E-state index contributed by atoms with van der Waals surface area (Å²) in [6.45, 7) is 2.95. The lowest BCUT2D eigenvalue weighted by Crippen LogP contribution is -2.48. The number of imidazole rings is 1. The molecule has 0 spiro atoms. The highest BCUT2D eigenvalue weighted by Crippen LogP contribution is 2.31. The van der Waals surface area contributed by atoms with Gasteiger partial charge >= 0.3 is 0 Å². The second kappa shape index (κ2) is 13.4. The minimum absolute atomic E-state index is 0.168. The molecule has 0 unspecified atom stereocenters. The fourth-order valence-corrected chi connectivity index (χ4v) is 3.28. The number of carboxylic acid groups (broad SMARTS) is 2. The minimum atomic E-state index is -0.250. The molecule has 2 aromatic rings. The van der Waals surface area contributed by atoms with E-state index in [1.807, 2.05) is 12.4 Å². The first-order valence-corrected chi connectivity index (χ1v) is 9.15. The lowest BCUT2D eigenvalue weighted by atomic mass is 9.97. The van der Waals surface area contributed by atoms with Crippen LogP contribution in [0.5, 0.6) is 0 Å². The van der Waals surface area contributed by atoms with Crippen LogP contribution in [-0.4, -0.2) is 82.4 Å². The fourth-order valence-electron chi connectivity index (χ4n) is 3.28. The molecular weight excluding hydrogens is 376 g/mol. The molecule has 29 heavy (non-hydrogen) atoms. The van der Waals surface area contributed by atoms with E-state index in [0.29, 0.717) is 0 Å². The number of aryl methyl sites for hydroxylation is 1. The predicted molar refractivity (Wildman–Crippen MR) is 108 cm³/mol. The molecule has 2 N–H and O–H groups in total. The third kappa shape index (κ3) is 8.02. The maximum atomic E-state index is 8.36. The van der Waals surface area contributed by atoms with Crippen molar-refractivity contribution >= 4 is 12.9 Å². The van der Waals surface area contributed by atoms with Crippen LogP contribution in [0.25, 0.3) is 0 Å². The number of morpholine rings is 1. The highest BCUT2D eigenvalue weighted by Gasteiger charge is 2.34. The molecule has 1 saturated heterocycles. The van der Waals surface area contributed by atoms with Crippen molar-refractivity contribution in [1.29, 1.82) is 0 Å². The summed E-state index contributed by atoms with van der Waals surface area (Å²) in [6.07, 6.45) is 4.04. The minimum Gasteiger partial charge on any atom is -0.483 e. The van der Waals surface area contributed by atoms with Crippen LogP contribution >= 0.6 is 0 Å². The van der Waals surface area contributed by atoms with Gasteiger partial charge in [-0.05, 0) is 19.7 Å². The molecule has 160 valence electrons. The zero-order valence-electron chi connectivity index (χ0n) is 17.1. The number of hydrogen-bond donors (Lipinski definition) is 2. The second-order valence-electron chi connectivity index (χ2n) is 6.66. The number of likely N-dealkylation sites (N-methyl/N-ethyl adjacent to an activating group) is 1. The highest BCUT2D eigenvalue weighted by atomic mass is 16.5. The van der Waals surface area contributed by atoms with Crippen molar-refractivity contribution in [3.63, 3.8) is 0 Å². The van der Waals surface area contributed by atoms with Crippen molar-refractivity contribution in [2.75, 3.05) is 33.8 Å². The van der Waals surface area contributed by atoms with E-state index < -0.39 is 0 Å². The quantitative estimate of drug-likeness (QED) is 0.716. The molecule has 0 bridgehead atoms. The first kappa shape index (κ1) is 24.3.